The fraction of sp³-hybridized carbons (Fsp3) is 0.286. The molecular formula is C84H87N3. The van der Waals surface area contributed by atoms with Crippen LogP contribution >= 0.6 is 0 Å². The summed E-state index contributed by atoms with van der Waals surface area (Å²) in [5.74, 6) is 0. The molecule has 438 valence electrons. The van der Waals surface area contributed by atoms with E-state index in [1.165, 1.54) is 209 Å². The first-order valence-electron chi connectivity index (χ1n) is 33.3. The lowest BCUT2D eigenvalue weighted by molar-refractivity contribution is 0.398. The summed E-state index contributed by atoms with van der Waals surface area (Å²) in [5, 5.41) is 5.04. The summed E-state index contributed by atoms with van der Waals surface area (Å²) >= 11 is 0. The van der Waals surface area contributed by atoms with Crippen molar-refractivity contribution in [3.05, 3.63) is 246 Å². The predicted molar refractivity (Wildman–Crippen MR) is 376 cm³/mol. The van der Waals surface area contributed by atoms with E-state index in [0.717, 1.165) is 29.2 Å². The highest BCUT2D eigenvalue weighted by Crippen LogP contribution is 2.55. The number of aromatic nitrogens is 2. The van der Waals surface area contributed by atoms with E-state index in [4.69, 9.17) is 0 Å². The van der Waals surface area contributed by atoms with Gasteiger partial charge in [-0.25, -0.2) is 0 Å². The molecule has 0 amide bonds. The Bertz CT molecular complexity index is 4310. The largest absolute Gasteiger partial charge is 0.311 e. The first kappa shape index (κ1) is 57.7. The molecule has 3 nitrogen and oxygen atoms in total. The Kier molecular flexibility index (Phi) is 17.2. The van der Waals surface area contributed by atoms with Crippen molar-refractivity contribution in [2.45, 2.75) is 156 Å². The zero-order valence-corrected chi connectivity index (χ0v) is 52.4. The molecule has 0 aliphatic heterocycles. The monoisotopic (exact) mass is 1140 g/mol. The molecule has 2 heterocycles. The first-order chi connectivity index (χ1) is 42.8. The van der Waals surface area contributed by atoms with Crippen molar-refractivity contribution in [2.24, 2.45) is 0 Å². The number of hydrogen-bond acceptors (Lipinski definition) is 1. The molecule has 2 aromatic heterocycles. The highest BCUT2D eigenvalue weighted by molar-refractivity contribution is 6.12. The Morgan fingerprint density at radius 2 is 0.747 bits per heavy atom. The molecule has 12 aromatic rings. The third kappa shape index (κ3) is 11.5. The van der Waals surface area contributed by atoms with E-state index < -0.39 is 0 Å². The van der Waals surface area contributed by atoms with Crippen molar-refractivity contribution in [1.82, 2.24) is 9.13 Å². The molecule has 13 rings (SSSR count). The molecule has 0 N–H and O–H groups in total. The molecule has 0 saturated heterocycles. The van der Waals surface area contributed by atoms with Crippen LogP contribution in [0, 0.1) is 13.8 Å². The Morgan fingerprint density at radius 3 is 1.34 bits per heavy atom. The van der Waals surface area contributed by atoms with Crippen LogP contribution in [-0.2, 0) is 11.8 Å². The van der Waals surface area contributed by atoms with Crippen molar-refractivity contribution in [2.75, 3.05) is 4.90 Å². The summed E-state index contributed by atoms with van der Waals surface area (Å²) in [6.07, 6.45) is 23.2. The highest BCUT2D eigenvalue weighted by atomic mass is 15.1. The molecule has 1 aliphatic carbocycles. The van der Waals surface area contributed by atoms with Crippen LogP contribution in [0.5, 0.6) is 0 Å². The zero-order chi connectivity index (χ0) is 59.3. The van der Waals surface area contributed by atoms with Crippen LogP contribution in [0.15, 0.2) is 218 Å². The third-order valence-electron chi connectivity index (χ3n) is 19.5. The SMILES string of the molecule is CCCCCCCCC1(CCCCCCCC)c2cc(C)ccc2-c2ccc(-c3ccc(N(c4ccc(C)cc4)c4ccc(-c5ccc6c7ccccc7n(-c7ccc8c9ccccc9n(-c9ccc(CCCCC)cc9)c8c7)c6c5)cc4)cc3)cc21. The van der Waals surface area contributed by atoms with Gasteiger partial charge in [0.15, 0.2) is 0 Å². The smallest absolute Gasteiger partial charge is 0.0561 e. The number of anilines is 3. The summed E-state index contributed by atoms with van der Waals surface area (Å²) in [4.78, 5) is 2.42. The zero-order valence-electron chi connectivity index (χ0n) is 52.4. The fourth-order valence-corrected chi connectivity index (χ4v) is 14.8. The molecule has 0 spiro atoms. The van der Waals surface area contributed by atoms with Gasteiger partial charge in [0.2, 0.25) is 0 Å². The van der Waals surface area contributed by atoms with Crippen LogP contribution in [0.3, 0.4) is 0 Å². The van der Waals surface area contributed by atoms with E-state index in [2.05, 4.69) is 267 Å². The first-order valence-corrected chi connectivity index (χ1v) is 33.3. The molecule has 0 atom stereocenters. The van der Waals surface area contributed by atoms with Crippen LogP contribution in [0.2, 0.25) is 0 Å². The van der Waals surface area contributed by atoms with Gasteiger partial charge < -0.3 is 14.0 Å². The number of rotatable bonds is 25. The van der Waals surface area contributed by atoms with E-state index in [1.807, 2.05) is 0 Å². The Balaban J connectivity index is 0.827. The van der Waals surface area contributed by atoms with E-state index in [-0.39, 0.29) is 5.41 Å². The number of para-hydroxylation sites is 2. The van der Waals surface area contributed by atoms with E-state index in [1.54, 1.807) is 11.1 Å². The average molecular weight is 1140 g/mol. The topological polar surface area (TPSA) is 13.1 Å². The van der Waals surface area contributed by atoms with Gasteiger partial charge in [0.1, 0.15) is 0 Å². The fourth-order valence-electron chi connectivity index (χ4n) is 14.8. The number of benzene rings is 10. The second-order valence-corrected chi connectivity index (χ2v) is 25.5. The minimum Gasteiger partial charge on any atom is -0.311 e. The molecule has 10 aromatic carbocycles. The molecule has 0 unspecified atom stereocenters. The second-order valence-electron chi connectivity index (χ2n) is 25.5. The van der Waals surface area contributed by atoms with Gasteiger partial charge in [0, 0.05) is 55.4 Å². The van der Waals surface area contributed by atoms with Gasteiger partial charge in [-0.15, -0.1) is 0 Å². The quantitative estimate of drug-likeness (QED) is 0.0520. The number of fused-ring (bicyclic) bond motifs is 9. The van der Waals surface area contributed by atoms with Gasteiger partial charge in [-0.3, -0.25) is 0 Å². The van der Waals surface area contributed by atoms with Crippen LogP contribution < -0.4 is 4.90 Å². The van der Waals surface area contributed by atoms with Crippen LogP contribution in [0.25, 0.3) is 88.4 Å². The number of aryl methyl sites for hydroxylation is 3. The van der Waals surface area contributed by atoms with Crippen molar-refractivity contribution >= 4 is 60.7 Å². The van der Waals surface area contributed by atoms with Crippen molar-refractivity contribution in [3.63, 3.8) is 0 Å². The van der Waals surface area contributed by atoms with Crippen LogP contribution in [-0.4, -0.2) is 9.13 Å². The molecule has 0 bridgehead atoms. The summed E-state index contributed by atoms with van der Waals surface area (Å²) in [7, 11) is 0. The Labute approximate surface area is 518 Å². The van der Waals surface area contributed by atoms with Crippen molar-refractivity contribution in [1.29, 1.82) is 0 Å². The molecule has 0 fully saturated rings. The van der Waals surface area contributed by atoms with Gasteiger partial charge >= 0.3 is 0 Å². The van der Waals surface area contributed by atoms with Gasteiger partial charge in [-0.2, -0.15) is 0 Å². The van der Waals surface area contributed by atoms with E-state index in [9.17, 15) is 0 Å². The molecule has 3 heteroatoms. The summed E-state index contributed by atoms with van der Waals surface area (Å²) < 4.78 is 4.95. The number of hydrogen-bond donors (Lipinski definition) is 0. The molecular weight excluding hydrogens is 1050 g/mol. The standard InChI is InChI=1S/C84H87N3/c1-6-9-12-14-16-23-54-84(55-24-17-15-13-10-7-2)78-56-61(5)32-50-72(78)73-51-39-65(57-79(73)84)63-35-45-68(46-36-63)85(67-41-30-60(4)31-42-67)69-47-37-64(38-48-69)66-40-52-76-74-26-20-22-29-81(74)87(82(76)58-66)71-49-53-77-75-27-19-21-28-80(75)86(83(77)59-71)70-43-33-62(34-44-70)25-18-11-8-3/h19-22,26-53,56-59H,6-18,23-25,54-55H2,1-5H3. The number of unbranched alkanes of at least 4 members (excludes halogenated alkanes) is 12. The lowest BCUT2D eigenvalue weighted by Crippen LogP contribution is -2.25. The predicted octanol–water partition coefficient (Wildman–Crippen LogP) is 24.8. The highest BCUT2D eigenvalue weighted by Gasteiger charge is 2.42. The van der Waals surface area contributed by atoms with E-state index >= 15 is 0 Å². The molecule has 87 heavy (non-hydrogen) atoms. The summed E-state index contributed by atoms with van der Waals surface area (Å²) in [6.45, 7) is 11.4. The molecule has 1 aliphatic rings. The second kappa shape index (κ2) is 25.9. The lowest BCUT2D eigenvalue weighted by Gasteiger charge is -2.33. The van der Waals surface area contributed by atoms with E-state index in [0.29, 0.717) is 0 Å². The molecule has 0 radical (unpaired) electrons. The van der Waals surface area contributed by atoms with Crippen LogP contribution in [0.4, 0.5) is 17.1 Å². The minimum atomic E-state index is 0.0418. The maximum atomic E-state index is 2.61. The number of nitrogens with zero attached hydrogens (tertiary/aromatic N) is 3. The summed E-state index contributed by atoms with van der Waals surface area (Å²) in [6, 6.07) is 83.6. The maximum Gasteiger partial charge on any atom is 0.0561 e. The summed E-state index contributed by atoms with van der Waals surface area (Å²) in [5.41, 5.74) is 25.7. The Morgan fingerprint density at radius 1 is 0.322 bits per heavy atom. The third-order valence-corrected chi connectivity index (χ3v) is 19.5. The average Bonchev–Trinajstić information content (AvgIpc) is 1.63. The van der Waals surface area contributed by atoms with Crippen molar-refractivity contribution in [3.8, 4) is 44.8 Å². The van der Waals surface area contributed by atoms with Gasteiger partial charge in [0.25, 0.3) is 0 Å². The maximum absolute atomic E-state index is 2.61. The van der Waals surface area contributed by atoms with Gasteiger partial charge in [0.05, 0.1) is 22.1 Å². The van der Waals surface area contributed by atoms with Gasteiger partial charge in [-0.1, -0.05) is 255 Å². The van der Waals surface area contributed by atoms with Crippen LogP contribution in [0.1, 0.15) is 158 Å². The Hall–Kier alpha value is -8.40. The van der Waals surface area contributed by atoms with Gasteiger partial charge in [-0.05, 0) is 175 Å². The molecule has 0 saturated carbocycles. The lowest BCUT2D eigenvalue weighted by atomic mass is 9.70. The normalized spacial score (nSPS) is 12.7. The van der Waals surface area contributed by atoms with Crippen molar-refractivity contribution < 1.29 is 0 Å². The minimum absolute atomic E-state index is 0.0418.